The predicted octanol–water partition coefficient (Wildman–Crippen LogP) is 2.80. The number of nitrogens with one attached hydrogen (secondary N) is 1. The highest BCUT2D eigenvalue weighted by atomic mass is 35.5. The molecular formula is C19H20ClN5O3. The Balaban J connectivity index is 1.65. The monoisotopic (exact) mass is 401 g/mol. The summed E-state index contributed by atoms with van der Waals surface area (Å²) in [4.78, 5) is 12.6. The summed E-state index contributed by atoms with van der Waals surface area (Å²) in [5.74, 6) is 1.47. The molecule has 0 saturated carbocycles. The molecule has 0 aliphatic carbocycles. The number of nitrogens with zero attached hydrogens (tertiary/aromatic N) is 4. The van der Waals surface area contributed by atoms with Crippen LogP contribution in [0.4, 0.5) is 0 Å². The van der Waals surface area contributed by atoms with E-state index in [-0.39, 0.29) is 12.5 Å². The maximum absolute atomic E-state index is 12.6. The Hall–Kier alpha value is -3.13. The molecule has 1 N–H and O–H groups in total. The molecule has 0 fully saturated rings. The smallest absolute Gasteiger partial charge is 0.263 e. The molecule has 0 atom stereocenters. The van der Waals surface area contributed by atoms with E-state index in [9.17, 15) is 4.79 Å². The van der Waals surface area contributed by atoms with Gasteiger partial charge < -0.3 is 14.8 Å². The number of aromatic nitrogens is 4. The molecule has 0 spiro atoms. The van der Waals surface area contributed by atoms with Gasteiger partial charge in [0.2, 0.25) is 0 Å². The van der Waals surface area contributed by atoms with E-state index in [4.69, 9.17) is 21.1 Å². The van der Waals surface area contributed by atoms with Crippen LogP contribution in [0.3, 0.4) is 0 Å². The second-order valence-electron chi connectivity index (χ2n) is 6.45. The van der Waals surface area contributed by atoms with E-state index in [1.807, 2.05) is 24.3 Å². The molecule has 2 aromatic carbocycles. The first kappa shape index (κ1) is 19.6. The van der Waals surface area contributed by atoms with Crippen LogP contribution in [0.1, 0.15) is 19.7 Å². The highest BCUT2D eigenvalue weighted by Crippen LogP contribution is 2.21. The molecular weight excluding hydrogens is 382 g/mol. The minimum absolute atomic E-state index is 0.144. The van der Waals surface area contributed by atoms with Crippen molar-refractivity contribution in [2.75, 3.05) is 7.11 Å². The van der Waals surface area contributed by atoms with E-state index in [0.717, 1.165) is 11.4 Å². The van der Waals surface area contributed by atoms with Crippen molar-refractivity contribution in [2.45, 2.75) is 26.0 Å². The molecule has 3 aromatic rings. The Bertz CT molecular complexity index is 939. The summed E-state index contributed by atoms with van der Waals surface area (Å²) in [6, 6.07) is 14.1. The van der Waals surface area contributed by atoms with Crippen LogP contribution in [0.25, 0.3) is 5.69 Å². The standard InChI is InChI=1S/C19H20ClN5O3/c1-19(2,28-16-8-4-13(20)5-9-16)18(26)21-12-17-22-23-24-25(17)14-6-10-15(27-3)11-7-14/h4-11H,12H2,1-3H3,(H,21,26). The number of halogens is 1. The van der Waals surface area contributed by atoms with Crippen molar-refractivity contribution in [1.82, 2.24) is 25.5 Å². The average Bonchev–Trinajstić information content (AvgIpc) is 3.16. The van der Waals surface area contributed by atoms with E-state index in [1.165, 1.54) is 0 Å². The summed E-state index contributed by atoms with van der Waals surface area (Å²) < 4.78 is 12.5. The fraction of sp³-hybridized carbons (Fsp3) is 0.263. The normalized spacial score (nSPS) is 11.1. The fourth-order valence-corrected chi connectivity index (χ4v) is 2.58. The molecule has 1 heterocycles. The number of hydrogen-bond acceptors (Lipinski definition) is 6. The predicted molar refractivity (Wildman–Crippen MR) is 104 cm³/mol. The van der Waals surface area contributed by atoms with Crippen molar-refractivity contribution in [1.29, 1.82) is 0 Å². The maximum atomic E-state index is 12.6. The van der Waals surface area contributed by atoms with E-state index in [0.29, 0.717) is 16.6 Å². The first-order chi connectivity index (χ1) is 13.4. The molecule has 3 rings (SSSR count). The van der Waals surface area contributed by atoms with Crippen LogP contribution in [0.5, 0.6) is 11.5 Å². The molecule has 0 aliphatic heterocycles. The van der Waals surface area contributed by atoms with Crippen molar-refractivity contribution < 1.29 is 14.3 Å². The van der Waals surface area contributed by atoms with Crippen LogP contribution in [-0.4, -0.2) is 38.8 Å². The number of methoxy groups -OCH3 is 1. The Labute approximate surface area is 167 Å². The molecule has 0 aliphatic rings. The van der Waals surface area contributed by atoms with Gasteiger partial charge in [-0.2, -0.15) is 4.68 Å². The molecule has 1 aromatic heterocycles. The van der Waals surface area contributed by atoms with Crippen LogP contribution < -0.4 is 14.8 Å². The molecule has 0 unspecified atom stereocenters. The van der Waals surface area contributed by atoms with Gasteiger partial charge in [0, 0.05) is 5.02 Å². The van der Waals surface area contributed by atoms with Gasteiger partial charge in [-0.15, -0.1) is 5.10 Å². The van der Waals surface area contributed by atoms with Gasteiger partial charge in [-0.3, -0.25) is 4.79 Å². The van der Waals surface area contributed by atoms with Crippen molar-refractivity contribution in [3.63, 3.8) is 0 Å². The molecule has 28 heavy (non-hydrogen) atoms. The Kier molecular flexibility index (Phi) is 5.79. The number of amides is 1. The first-order valence-electron chi connectivity index (χ1n) is 8.53. The molecule has 1 amide bonds. The Morgan fingerprint density at radius 1 is 1.11 bits per heavy atom. The molecule has 9 heteroatoms. The van der Waals surface area contributed by atoms with Gasteiger partial charge in [-0.25, -0.2) is 0 Å². The summed E-state index contributed by atoms with van der Waals surface area (Å²) in [7, 11) is 1.60. The SMILES string of the molecule is COc1ccc(-n2nnnc2CNC(=O)C(C)(C)Oc2ccc(Cl)cc2)cc1. The lowest BCUT2D eigenvalue weighted by atomic mass is 10.1. The van der Waals surface area contributed by atoms with E-state index >= 15 is 0 Å². The second-order valence-corrected chi connectivity index (χ2v) is 6.89. The molecule has 8 nitrogen and oxygen atoms in total. The summed E-state index contributed by atoms with van der Waals surface area (Å²) in [5.41, 5.74) is -0.335. The van der Waals surface area contributed by atoms with Gasteiger partial charge >= 0.3 is 0 Å². The number of rotatable bonds is 7. The zero-order valence-corrected chi connectivity index (χ0v) is 16.5. The minimum atomic E-state index is -1.09. The first-order valence-corrected chi connectivity index (χ1v) is 8.91. The summed E-state index contributed by atoms with van der Waals surface area (Å²) >= 11 is 5.87. The number of ether oxygens (including phenoxy) is 2. The van der Waals surface area contributed by atoms with Crippen LogP contribution in [0.15, 0.2) is 48.5 Å². The van der Waals surface area contributed by atoms with E-state index in [1.54, 1.807) is 49.9 Å². The Morgan fingerprint density at radius 3 is 2.39 bits per heavy atom. The lowest BCUT2D eigenvalue weighted by molar-refractivity contribution is -0.134. The van der Waals surface area contributed by atoms with E-state index < -0.39 is 5.60 Å². The zero-order chi connectivity index (χ0) is 20.1. The summed E-state index contributed by atoms with van der Waals surface area (Å²) in [6.07, 6.45) is 0. The van der Waals surface area contributed by atoms with Crippen LogP contribution in [0, 0.1) is 0 Å². The van der Waals surface area contributed by atoms with Gasteiger partial charge in [-0.05, 0) is 72.8 Å². The molecule has 146 valence electrons. The second kappa shape index (κ2) is 8.26. The van der Waals surface area contributed by atoms with Crippen molar-refractivity contribution in [3.8, 4) is 17.2 Å². The minimum Gasteiger partial charge on any atom is -0.497 e. The summed E-state index contributed by atoms with van der Waals surface area (Å²) in [6.45, 7) is 3.51. The average molecular weight is 402 g/mol. The van der Waals surface area contributed by atoms with Gasteiger partial charge in [0.05, 0.1) is 19.3 Å². The van der Waals surface area contributed by atoms with E-state index in [2.05, 4.69) is 20.8 Å². The summed E-state index contributed by atoms with van der Waals surface area (Å²) in [5, 5.41) is 15.1. The van der Waals surface area contributed by atoms with Crippen molar-refractivity contribution in [2.24, 2.45) is 0 Å². The third kappa shape index (κ3) is 4.58. The third-order valence-corrected chi connectivity index (χ3v) is 4.24. The third-order valence-electron chi connectivity index (χ3n) is 3.99. The lowest BCUT2D eigenvalue weighted by Gasteiger charge is -2.25. The zero-order valence-electron chi connectivity index (χ0n) is 15.7. The number of tetrazole rings is 1. The van der Waals surface area contributed by atoms with Crippen LogP contribution in [0.2, 0.25) is 5.02 Å². The number of hydrogen-bond donors (Lipinski definition) is 1. The Morgan fingerprint density at radius 2 is 1.75 bits per heavy atom. The highest BCUT2D eigenvalue weighted by molar-refractivity contribution is 6.30. The van der Waals surface area contributed by atoms with Gasteiger partial charge in [-0.1, -0.05) is 11.6 Å². The van der Waals surface area contributed by atoms with Gasteiger partial charge in [0.25, 0.3) is 5.91 Å². The van der Waals surface area contributed by atoms with Crippen molar-refractivity contribution in [3.05, 3.63) is 59.4 Å². The number of carbonyl (C=O) groups excluding carboxylic acids is 1. The molecule has 0 bridgehead atoms. The molecule has 0 radical (unpaired) electrons. The van der Waals surface area contributed by atoms with Crippen LogP contribution in [-0.2, 0) is 11.3 Å². The maximum Gasteiger partial charge on any atom is 0.263 e. The van der Waals surface area contributed by atoms with Crippen LogP contribution >= 0.6 is 11.6 Å². The largest absolute Gasteiger partial charge is 0.497 e. The van der Waals surface area contributed by atoms with Gasteiger partial charge in [0.1, 0.15) is 11.5 Å². The van der Waals surface area contributed by atoms with Gasteiger partial charge in [0.15, 0.2) is 11.4 Å². The fourth-order valence-electron chi connectivity index (χ4n) is 2.46. The topological polar surface area (TPSA) is 91.2 Å². The quantitative estimate of drug-likeness (QED) is 0.654. The highest BCUT2D eigenvalue weighted by Gasteiger charge is 2.30. The lowest BCUT2D eigenvalue weighted by Crippen LogP contribution is -2.46. The number of carbonyl (C=O) groups is 1. The molecule has 0 saturated heterocycles. The van der Waals surface area contributed by atoms with Crippen molar-refractivity contribution >= 4 is 17.5 Å². The number of benzene rings is 2.